The van der Waals surface area contributed by atoms with E-state index in [1.165, 1.54) is 32.7 Å². The summed E-state index contributed by atoms with van der Waals surface area (Å²) < 4.78 is 15.9. The second-order valence-corrected chi connectivity index (χ2v) is 7.83. The van der Waals surface area contributed by atoms with Crippen molar-refractivity contribution >= 4 is 28.2 Å². The van der Waals surface area contributed by atoms with Crippen LogP contribution in [0.2, 0.25) is 0 Å². The van der Waals surface area contributed by atoms with E-state index in [1.807, 2.05) is 35.7 Å². The number of carbonyl (C=O) groups excluding carboxylic acids is 1. The molecule has 2 N–H and O–H groups in total. The Morgan fingerprint density at radius 1 is 0.788 bits per heavy atom. The molecule has 0 radical (unpaired) electrons. The first kappa shape index (κ1) is 22.2. The van der Waals surface area contributed by atoms with E-state index >= 15 is 0 Å². The van der Waals surface area contributed by atoms with Gasteiger partial charge < -0.3 is 19.5 Å². The standard InChI is InChI=1S/C25H23N3O4S/c1-30-21-13-19(14-22(31-2)23(21)32-3)26-24(29)28-25-27-20(15-33-25)18-11-9-17(10-12-18)16-7-5-4-6-8-16/h4-15H,1-3H3,(H2,26,27,28,29). The molecule has 7 nitrogen and oxygen atoms in total. The largest absolute Gasteiger partial charge is 0.493 e. The van der Waals surface area contributed by atoms with E-state index in [1.54, 1.807) is 12.1 Å². The second-order valence-electron chi connectivity index (χ2n) is 6.97. The molecule has 0 bridgehead atoms. The van der Waals surface area contributed by atoms with E-state index in [-0.39, 0.29) is 0 Å². The Hall–Kier alpha value is -4.04. The highest BCUT2D eigenvalue weighted by molar-refractivity contribution is 7.14. The molecule has 33 heavy (non-hydrogen) atoms. The Labute approximate surface area is 196 Å². The number of thiazole rings is 1. The molecule has 4 aromatic rings. The zero-order chi connectivity index (χ0) is 23.2. The van der Waals surface area contributed by atoms with Gasteiger partial charge in [-0.2, -0.15) is 0 Å². The number of carbonyl (C=O) groups is 1. The molecule has 0 atom stereocenters. The predicted molar refractivity (Wildman–Crippen MR) is 132 cm³/mol. The van der Waals surface area contributed by atoms with Gasteiger partial charge in [-0.1, -0.05) is 54.6 Å². The first-order valence-electron chi connectivity index (χ1n) is 10.1. The molecule has 0 saturated heterocycles. The van der Waals surface area contributed by atoms with Crippen molar-refractivity contribution in [3.05, 3.63) is 72.1 Å². The number of benzene rings is 3. The van der Waals surface area contributed by atoms with Crippen LogP contribution in [-0.2, 0) is 0 Å². The van der Waals surface area contributed by atoms with Crippen LogP contribution in [0.5, 0.6) is 17.2 Å². The summed E-state index contributed by atoms with van der Waals surface area (Å²) in [7, 11) is 4.56. The Morgan fingerprint density at radius 3 is 2.00 bits per heavy atom. The molecule has 1 heterocycles. The number of anilines is 2. The number of hydrogen-bond donors (Lipinski definition) is 2. The maximum absolute atomic E-state index is 12.5. The van der Waals surface area contributed by atoms with Crippen molar-refractivity contribution in [1.82, 2.24) is 4.98 Å². The summed E-state index contributed by atoms with van der Waals surface area (Å²) >= 11 is 1.35. The molecular weight excluding hydrogens is 438 g/mol. The van der Waals surface area contributed by atoms with Crippen LogP contribution < -0.4 is 24.8 Å². The van der Waals surface area contributed by atoms with E-state index in [9.17, 15) is 4.79 Å². The number of ether oxygens (including phenoxy) is 3. The quantitative estimate of drug-likeness (QED) is 0.345. The minimum atomic E-state index is -0.426. The molecule has 0 aliphatic heterocycles. The lowest BCUT2D eigenvalue weighted by molar-refractivity contribution is 0.262. The predicted octanol–water partition coefficient (Wildman–Crippen LogP) is 6.15. The minimum absolute atomic E-state index is 0.426. The summed E-state index contributed by atoms with van der Waals surface area (Å²) in [5, 5.41) is 7.93. The van der Waals surface area contributed by atoms with Gasteiger partial charge >= 0.3 is 6.03 Å². The average Bonchev–Trinajstić information content (AvgIpc) is 3.32. The zero-order valence-electron chi connectivity index (χ0n) is 18.4. The van der Waals surface area contributed by atoms with Crippen molar-refractivity contribution in [2.24, 2.45) is 0 Å². The van der Waals surface area contributed by atoms with E-state index in [0.29, 0.717) is 28.1 Å². The highest BCUT2D eigenvalue weighted by Gasteiger charge is 2.15. The van der Waals surface area contributed by atoms with Gasteiger partial charge in [-0.05, 0) is 11.1 Å². The van der Waals surface area contributed by atoms with Crippen molar-refractivity contribution in [1.29, 1.82) is 0 Å². The summed E-state index contributed by atoms with van der Waals surface area (Å²) in [5.41, 5.74) is 4.56. The fourth-order valence-electron chi connectivity index (χ4n) is 3.34. The highest BCUT2D eigenvalue weighted by atomic mass is 32.1. The number of methoxy groups -OCH3 is 3. The fraction of sp³-hybridized carbons (Fsp3) is 0.120. The number of nitrogens with one attached hydrogen (secondary N) is 2. The SMILES string of the molecule is COc1cc(NC(=O)Nc2nc(-c3ccc(-c4ccccc4)cc3)cs2)cc(OC)c1OC. The van der Waals surface area contributed by atoms with Gasteiger partial charge in [0, 0.05) is 23.1 Å². The van der Waals surface area contributed by atoms with Gasteiger partial charge in [-0.25, -0.2) is 9.78 Å². The van der Waals surface area contributed by atoms with Crippen LogP contribution in [0, 0.1) is 0 Å². The van der Waals surface area contributed by atoms with Gasteiger partial charge in [0.15, 0.2) is 16.6 Å². The van der Waals surface area contributed by atoms with Crippen molar-refractivity contribution in [2.75, 3.05) is 32.0 Å². The van der Waals surface area contributed by atoms with Crippen LogP contribution in [0.25, 0.3) is 22.4 Å². The first-order valence-corrected chi connectivity index (χ1v) is 11.0. The molecule has 3 aromatic carbocycles. The third-order valence-corrected chi connectivity index (χ3v) is 5.69. The summed E-state index contributed by atoms with van der Waals surface area (Å²) in [6.45, 7) is 0. The number of rotatable bonds is 7. The smallest absolute Gasteiger partial charge is 0.325 e. The summed E-state index contributed by atoms with van der Waals surface area (Å²) in [5.74, 6) is 1.35. The lowest BCUT2D eigenvalue weighted by Crippen LogP contribution is -2.19. The van der Waals surface area contributed by atoms with E-state index < -0.39 is 6.03 Å². The van der Waals surface area contributed by atoms with Crippen molar-refractivity contribution < 1.29 is 19.0 Å². The van der Waals surface area contributed by atoms with Gasteiger partial charge in [0.1, 0.15) is 0 Å². The molecule has 0 spiro atoms. The Morgan fingerprint density at radius 2 is 1.39 bits per heavy atom. The van der Waals surface area contributed by atoms with Crippen LogP contribution in [0.3, 0.4) is 0 Å². The van der Waals surface area contributed by atoms with Gasteiger partial charge in [-0.15, -0.1) is 11.3 Å². The number of urea groups is 1. The molecular formula is C25H23N3O4S. The molecule has 0 fully saturated rings. The van der Waals surface area contributed by atoms with Crippen molar-refractivity contribution in [3.8, 4) is 39.6 Å². The Kier molecular flexibility index (Phi) is 6.75. The molecule has 168 valence electrons. The molecule has 1 aromatic heterocycles. The van der Waals surface area contributed by atoms with Crippen LogP contribution in [0.1, 0.15) is 0 Å². The Balaban J connectivity index is 1.44. The van der Waals surface area contributed by atoms with Crippen LogP contribution in [0.15, 0.2) is 72.1 Å². The number of hydrogen-bond acceptors (Lipinski definition) is 6. The molecule has 0 aliphatic rings. The van der Waals surface area contributed by atoms with E-state index in [0.717, 1.165) is 22.4 Å². The van der Waals surface area contributed by atoms with E-state index in [2.05, 4.69) is 39.9 Å². The number of nitrogens with zero attached hydrogens (tertiary/aromatic N) is 1. The molecule has 4 rings (SSSR count). The van der Waals surface area contributed by atoms with Crippen LogP contribution in [-0.4, -0.2) is 32.3 Å². The van der Waals surface area contributed by atoms with Crippen LogP contribution >= 0.6 is 11.3 Å². The molecule has 0 aliphatic carbocycles. The van der Waals surface area contributed by atoms with Gasteiger partial charge in [-0.3, -0.25) is 5.32 Å². The summed E-state index contributed by atoms with van der Waals surface area (Å²) in [6, 6.07) is 21.3. The third kappa shape index (κ3) is 5.07. The molecule has 0 unspecified atom stereocenters. The molecule has 8 heteroatoms. The topological polar surface area (TPSA) is 81.7 Å². The zero-order valence-corrected chi connectivity index (χ0v) is 19.2. The monoisotopic (exact) mass is 461 g/mol. The van der Waals surface area contributed by atoms with Crippen molar-refractivity contribution in [2.45, 2.75) is 0 Å². The first-order chi connectivity index (χ1) is 16.1. The fourth-order valence-corrected chi connectivity index (χ4v) is 4.06. The average molecular weight is 462 g/mol. The van der Waals surface area contributed by atoms with Crippen molar-refractivity contribution in [3.63, 3.8) is 0 Å². The third-order valence-electron chi connectivity index (χ3n) is 4.94. The van der Waals surface area contributed by atoms with Gasteiger partial charge in [0.25, 0.3) is 0 Å². The second kappa shape index (κ2) is 10.1. The maximum Gasteiger partial charge on any atom is 0.325 e. The van der Waals surface area contributed by atoms with Gasteiger partial charge in [0.2, 0.25) is 5.75 Å². The number of aromatic nitrogens is 1. The normalized spacial score (nSPS) is 10.4. The highest BCUT2D eigenvalue weighted by Crippen LogP contribution is 2.40. The van der Waals surface area contributed by atoms with Gasteiger partial charge in [0.05, 0.1) is 32.7 Å². The van der Waals surface area contributed by atoms with E-state index in [4.69, 9.17) is 14.2 Å². The molecule has 0 saturated carbocycles. The lowest BCUT2D eigenvalue weighted by atomic mass is 10.0. The van der Waals surface area contributed by atoms with Crippen LogP contribution in [0.4, 0.5) is 15.6 Å². The summed E-state index contributed by atoms with van der Waals surface area (Å²) in [6.07, 6.45) is 0. The maximum atomic E-state index is 12.5. The summed E-state index contributed by atoms with van der Waals surface area (Å²) in [4.78, 5) is 17.1. The molecule has 2 amide bonds. The lowest BCUT2D eigenvalue weighted by Gasteiger charge is -2.14. The number of amides is 2. The Bertz CT molecular complexity index is 1220. The minimum Gasteiger partial charge on any atom is -0.493 e.